The second-order valence-corrected chi connectivity index (χ2v) is 6.22. The summed E-state index contributed by atoms with van der Waals surface area (Å²) in [5.41, 5.74) is -0.425. The maximum absolute atomic E-state index is 11.9. The van der Waals surface area contributed by atoms with Gasteiger partial charge in [0, 0.05) is 17.5 Å². The van der Waals surface area contributed by atoms with E-state index in [0.29, 0.717) is 6.54 Å². The number of amides is 2. The van der Waals surface area contributed by atoms with E-state index in [1.54, 1.807) is 4.90 Å². The zero-order valence-corrected chi connectivity index (χ0v) is 13.2. The van der Waals surface area contributed by atoms with Gasteiger partial charge in [-0.15, -0.1) is 0 Å². The largest absolute Gasteiger partial charge is 0.448 e. The van der Waals surface area contributed by atoms with E-state index in [0.717, 1.165) is 0 Å². The summed E-state index contributed by atoms with van der Waals surface area (Å²) in [6.45, 7) is 13.8. The first-order valence-electron chi connectivity index (χ1n) is 6.80. The first-order valence-corrected chi connectivity index (χ1v) is 6.80. The van der Waals surface area contributed by atoms with Crippen LogP contribution in [0.4, 0.5) is 4.79 Å². The predicted octanol–water partition coefficient (Wildman–Crippen LogP) is 2.40. The Morgan fingerprint density at radius 2 is 1.58 bits per heavy atom. The molecule has 0 heterocycles. The van der Waals surface area contributed by atoms with Crippen molar-refractivity contribution in [2.24, 2.45) is 5.41 Å². The third-order valence-electron chi connectivity index (χ3n) is 2.62. The van der Waals surface area contributed by atoms with Crippen LogP contribution in [-0.4, -0.2) is 42.1 Å². The topological polar surface area (TPSA) is 58.6 Å². The average molecular weight is 272 g/mol. The molecule has 0 radical (unpaired) electrons. The minimum absolute atomic E-state index is 0.0480. The number of nitrogens with zero attached hydrogens (tertiary/aromatic N) is 1. The van der Waals surface area contributed by atoms with Crippen molar-refractivity contribution in [3.8, 4) is 0 Å². The molecule has 1 N–H and O–H groups in total. The van der Waals surface area contributed by atoms with E-state index in [1.807, 2.05) is 48.5 Å². The molecule has 19 heavy (non-hydrogen) atoms. The van der Waals surface area contributed by atoms with E-state index >= 15 is 0 Å². The molecule has 0 aromatic heterocycles. The first kappa shape index (κ1) is 17.7. The molecule has 0 saturated carbocycles. The van der Waals surface area contributed by atoms with E-state index < -0.39 is 5.41 Å². The molecule has 0 atom stereocenters. The predicted molar refractivity (Wildman–Crippen MR) is 75.9 cm³/mol. The van der Waals surface area contributed by atoms with Gasteiger partial charge in [0.1, 0.15) is 6.61 Å². The fourth-order valence-electron chi connectivity index (χ4n) is 1.66. The zero-order chi connectivity index (χ0) is 15.2. The van der Waals surface area contributed by atoms with Gasteiger partial charge in [-0.1, -0.05) is 20.8 Å². The van der Waals surface area contributed by atoms with Crippen molar-refractivity contribution >= 4 is 12.0 Å². The Morgan fingerprint density at radius 1 is 1.11 bits per heavy atom. The molecule has 0 bridgehead atoms. The summed E-state index contributed by atoms with van der Waals surface area (Å²) in [5, 5.41) is 2.74. The third kappa shape index (κ3) is 6.45. The van der Waals surface area contributed by atoms with Crippen LogP contribution < -0.4 is 5.32 Å². The molecular weight excluding hydrogens is 244 g/mol. The Morgan fingerprint density at radius 3 is 1.95 bits per heavy atom. The van der Waals surface area contributed by atoms with Crippen molar-refractivity contribution in [2.45, 2.75) is 60.5 Å². The zero-order valence-electron chi connectivity index (χ0n) is 13.2. The van der Waals surface area contributed by atoms with E-state index in [4.69, 9.17) is 4.74 Å². The molecule has 0 aliphatic carbocycles. The molecule has 0 unspecified atom stereocenters. The van der Waals surface area contributed by atoms with Gasteiger partial charge >= 0.3 is 6.09 Å². The number of hydrogen-bond donors (Lipinski definition) is 1. The SMILES string of the molecule is CC(C)N(C(=O)OCCNC(=O)C(C)(C)C)C(C)C. The minimum Gasteiger partial charge on any atom is -0.448 e. The Bertz CT molecular complexity index is 298. The second-order valence-electron chi connectivity index (χ2n) is 6.22. The Balaban J connectivity index is 4.08. The molecule has 0 fully saturated rings. The smallest absolute Gasteiger partial charge is 0.410 e. The summed E-state index contributed by atoms with van der Waals surface area (Å²) < 4.78 is 5.16. The summed E-state index contributed by atoms with van der Waals surface area (Å²) in [7, 11) is 0. The van der Waals surface area contributed by atoms with Crippen LogP contribution >= 0.6 is 0 Å². The lowest BCUT2D eigenvalue weighted by Crippen LogP contribution is -2.43. The number of carbonyl (C=O) groups excluding carboxylic acids is 2. The molecule has 0 spiro atoms. The van der Waals surface area contributed by atoms with Gasteiger partial charge in [-0.2, -0.15) is 0 Å². The molecule has 112 valence electrons. The van der Waals surface area contributed by atoms with Crippen LogP contribution in [0.15, 0.2) is 0 Å². The molecule has 5 heteroatoms. The van der Waals surface area contributed by atoms with Gasteiger partial charge in [0.15, 0.2) is 0 Å². The van der Waals surface area contributed by atoms with Crippen LogP contribution in [0.25, 0.3) is 0 Å². The number of rotatable bonds is 5. The van der Waals surface area contributed by atoms with Gasteiger partial charge in [-0.05, 0) is 27.7 Å². The molecule has 0 saturated heterocycles. The fourth-order valence-corrected chi connectivity index (χ4v) is 1.66. The summed E-state index contributed by atoms with van der Waals surface area (Å²) >= 11 is 0. The Labute approximate surface area is 116 Å². The van der Waals surface area contributed by atoms with Crippen LogP contribution in [0.1, 0.15) is 48.5 Å². The van der Waals surface area contributed by atoms with Gasteiger partial charge in [0.2, 0.25) is 5.91 Å². The molecule has 2 amide bonds. The lowest BCUT2D eigenvalue weighted by atomic mass is 9.96. The van der Waals surface area contributed by atoms with Gasteiger partial charge in [0.25, 0.3) is 0 Å². The van der Waals surface area contributed by atoms with Crippen LogP contribution in [0.5, 0.6) is 0 Å². The maximum atomic E-state index is 11.9. The molecule has 0 rings (SSSR count). The second kappa shape index (κ2) is 7.36. The van der Waals surface area contributed by atoms with E-state index in [1.165, 1.54) is 0 Å². The highest BCUT2D eigenvalue weighted by atomic mass is 16.6. The summed E-state index contributed by atoms with van der Waals surface area (Å²) in [5.74, 6) is -0.0480. The Kier molecular flexibility index (Phi) is 6.87. The monoisotopic (exact) mass is 272 g/mol. The summed E-state index contributed by atoms with van der Waals surface area (Å²) in [6.07, 6.45) is -0.338. The van der Waals surface area contributed by atoms with Gasteiger partial charge < -0.3 is 15.0 Å². The van der Waals surface area contributed by atoms with Crippen LogP contribution in [0.2, 0.25) is 0 Å². The van der Waals surface area contributed by atoms with Crippen LogP contribution in [-0.2, 0) is 9.53 Å². The molecule has 0 aromatic rings. The van der Waals surface area contributed by atoms with Crippen molar-refractivity contribution in [1.82, 2.24) is 10.2 Å². The van der Waals surface area contributed by atoms with Crippen molar-refractivity contribution in [3.63, 3.8) is 0 Å². The lowest BCUT2D eigenvalue weighted by molar-refractivity contribution is -0.128. The number of carbonyl (C=O) groups is 2. The lowest BCUT2D eigenvalue weighted by Gasteiger charge is -2.29. The van der Waals surface area contributed by atoms with Gasteiger partial charge in [-0.3, -0.25) is 4.79 Å². The summed E-state index contributed by atoms with van der Waals surface area (Å²) in [6, 6.07) is 0.188. The first-order chi connectivity index (χ1) is 8.57. The normalized spacial score (nSPS) is 11.6. The van der Waals surface area contributed by atoms with Crippen molar-refractivity contribution < 1.29 is 14.3 Å². The maximum Gasteiger partial charge on any atom is 0.410 e. The third-order valence-corrected chi connectivity index (χ3v) is 2.62. The van der Waals surface area contributed by atoms with Crippen molar-refractivity contribution in [3.05, 3.63) is 0 Å². The van der Waals surface area contributed by atoms with E-state index in [2.05, 4.69) is 5.32 Å². The highest BCUT2D eigenvalue weighted by molar-refractivity contribution is 5.81. The molecule has 0 aromatic carbocycles. The van der Waals surface area contributed by atoms with Crippen LogP contribution in [0.3, 0.4) is 0 Å². The molecule has 5 nitrogen and oxygen atoms in total. The average Bonchev–Trinajstić information content (AvgIpc) is 2.21. The Hall–Kier alpha value is -1.26. The standard InChI is InChI=1S/C14H28N2O3/c1-10(2)16(11(3)4)13(18)19-9-8-15-12(17)14(5,6)7/h10-11H,8-9H2,1-7H3,(H,15,17). The van der Waals surface area contributed by atoms with E-state index in [-0.39, 0.29) is 30.7 Å². The highest BCUT2D eigenvalue weighted by Gasteiger charge is 2.22. The molecule has 0 aliphatic heterocycles. The molecule has 0 aliphatic rings. The fraction of sp³-hybridized carbons (Fsp3) is 0.857. The number of nitrogens with one attached hydrogen (secondary N) is 1. The highest BCUT2D eigenvalue weighted by Crippen LogP contribution is 2.12. The van der Waals surface area contributed by atoms with E-state index in [9.17, 15) is 9.59 Å². The summed E-state index contributed by atoms with van der Waals surface area (Å²) in [4.78, 5) is 25.1. The minimum atomic E-state index is -0.425. The van der Waals surface area contributed by atoms with Gasteiger partial charge in [-0.25, -0.2) is 4.79 Å². The number of ether oxygens (including phenoxy) is 1. The quantitative estimate of drug-likeness (QED) is 0.782. The van der Waals surface area contributed by atoms with Crippen molar-refractivity contribution in [1.29, 1.82) is 0 Å². The molecular formula is C14H28N2O3. The van der Waals surface area contributed by atoms with Gasteiger partial charge in [0.05, 0.1) is 6.54 Å². The number of hydrogen-bond acceptors (Lipinski definition) is 3. The van der Waals surface area contributed by atoms with Crippen molar-refractivity contribution in [2.75, 3.05) is 13.2 Å². The van der Waals surface area contributed by atoms with Crippen LogP contribution in [0, 0.1) is 5.41 Å².